The van der Waals surface area contributed by atoms with Crippen LogP contribution in [0.1, 0.15) is 25.7 Å². The quantitative estimate of drug-likeness (QED) is 0.274. The number of nitrogens with zero attached hydrogens (tertiary/aromatic N) is 2. The molecule has 4 unspecified atom stereocenters. The minimum atomic E-state index is -0.251. The van der Waals surface area contributed by atoms with Gasteiger partial charge in [0.25, 0.3) is 0 Å². The van der Waals surface area contributed by atoms with Gasteiger partial charge in [0.05, 0.1) is 25.3 Å². The van der Waals surface area contributed by atoms with Crippen LogP contribution in [0.4, 0.5) is 11.4 Å². The molecule has 1 aromatic rings. The van der Waals surface area contributed by atoms with Crippen LogP contribution in [-0.4, -0.2) is 85.5 Å². The number of likely N-dealkylation sites (tertiary alicyclic amines) is 1. The average Bonchev–Trinajstić information content (AvgIpc) is 3.09. The molecule has 3 aliphatic rings. The molecule has 1 amide bonds. The van der Waals surface area contributed by atoms with Gasteiger partial charge in [-0.05, 0) is 37.1 Å². The van der Waals surface area contributed by atoms with Crippen molar-refractivity contribution in [2.24, 2.45) is 5.92 Å². The van der Waals surface area contributed by atoms with Crippen molar-refractivity contribution in [3.63, 3.8) is 0 Å². The summed E-state index contributed by atoms with van der Waals surface area (Å²) in [5.41, 5.74) is 7.65. The Morgan fingerprint density at radius 1 is 1.00 bits per heavy atom. The minimum Gasteiger partial charge on any atom is -0.395 e. The Morgan fingerprint density at radius 3 is 2.34 bits per heavy atom. The van der Waals surface area contributed by atoms with E-state index in [4.69, 9.17) is 0 Å². The second-order valence-electron chi connectivity index (χ2n) is 8.79. The van der Waals surface area contributed by atoms with E-state index in [1.807, 2.05) is 29.2 Å². The molecule has 0 spiro atoms. The smallest absolute Gasteiger partial charge is 0.242 e. The number of anilines is 2. The monoisotopic (exact) mass is 447 g/mol. The normalized spacial score (nSPS) is 29.0. The summed E-state index contributed by atoms with van der Waals surface area (Å²) >= 11 is 0. The standard InChI is InChI=1S/C22H37N7O3/c30-13-11-28(12-14-31)17-7-5-16(6-8-17)24-20-19-18(15-23-27-21(19)32)25-22(26-20)29-9-3-1-2-4-10-29/h5-8,18-20,22-26,30-31H,1-4,9-15H2,(H,27,32). The maximum Gasteiger partial charge on any atom is 0.242 e. The first-order valence-corrected chi connectivity index (χ1v) is 11.8. The average molecular weight is 448 g/mol. The number of fused-ring (bicyclic) bond motifs is 1. The highest BCUT2D eigenvalue weighted by Gasteiger charge is 2.44. The topological polar surface area (TPSA) is 124 Å². The predicted octanol–water partition coefficient (Wildman–Crippen LogP) is -0.813. The number of nitrogens with one attached hydrogen (secondary N) is 5. The van der Waals surface area contributed by atoms with Crippen LogP contribution < -0.4 is 31.7 Å². The molecule has 0 aliphatic carbocycles. The third-order valence-corrected chi connectivity index (χ3v) is 6.64. The zero-order valence-electron chi connectivity index (χ0n) is 18.6. The van der Waals surface area contributed by atoms with Crippen molar-refractivity contribution in [1.29, 1.82) is 0 Å². The van der Waals surface area contributed by atoms with E-state index in [1.165, 1.54) is 25.7 Å². The number of hydrogen-bond acceptors (Lipinski definition) is 9. The number of aliphatic hydroxyl groups excluding tert-OH is 2. The zero-order valence-corrected chi connectivity index (χ0v) is 18.6. The van der Waals surface area contributed by atoms with Crippen LogP contribution in [0.15, 0.2) is 24.3 Å². The number of hydrogen-bond donors (Lipinski definition) is 7. The minimum absolute atomic E-state index is 0.0171. The maximum atomic E-state index is 12.7. The fourth-order valence-corrected chi connectivity index (χ4v) is 4.97. The molecule has 0 radical (unpaired) electrons. The maximum absolute atomic E-state index is 12.7. The highest BCUT2D eigenvalue weighted by atomic mass is 16.3. The number of benzene rings is 1. The molecule has 4 atom stereocenters. The predicted molar refractivity (Wildman–Crippen MR) is 124 cm³/mol. The van der Waals surface area contributed by atoms with E-state index in [0.29, 0.717) is 19.6 Å². The highest BCUT2D eigenvalue weighted by Crippen LogP contribution is 2.24. The van der Waals surface area contributed by atoms with Crippen LogP contribution in [0.2, 0.25) is 0 Å². The summed E-state index contributed by atoms with van der Waals surface area (Å²) in [6.45, 7) is 3.78. The molecular weight excluding hydrogens is 410 g/mol. The third-order valence-electron chi connectivity index (χ3n) is 6.64. The number of rotatable bonds is 8. The van der Waals surface area contributed by atoms with Crippen molar-refractivity contribution in [3.05, 3.63) is 24.3 Å². The lowest BCUT2D eigenvalue weighted by atomic mass is 9.91. The van der Waals surface area contributed by atoms with Gasteiger partial charge >= 0.3 is 0 Å². The summed E-state index contributed by atoms with van der Waals surface area (Å²) in [6.07, 6.45) is 4.75. The van der Waals surface area contributed by atoms with Crippen LogP contribution in [0.5, 0.6) is 0 Å². The van der Waals surface area contributed by atoms with E-state index < -0.39 is 0 Å². The third kappa shape index (κ3) is 5.51. The SMILES string of the molecule is O=C1NNCC2NC(N3CCCCCC3)NC(Nc3ccc(N(CCO)CCO)cc3)C12. The Morgan fingerprint density at radius 2 is 1.69 bits per heavy atom. The van der Waals surface area contributed by atoms with Gasteiger partial charge in [0.15, 0.2) is 0 Å². The number of carbonyl (C=O) groups is 1. The van der Waals surface area contributed by atoms with Crippen molar-refractivity contribution in [2.75, 3.05) is 56.2 Å². The summed E-state index contributed by atoms with van der Waals surface area (Å²) in [7, 11) is 0. The molecule has 1 aromatic carbocycles. The van der Waals surface area contributed by atoms with E-state index in [0.717, 1.165) is 24.5 Å². The van der Waals surface area contributed by atoms with E-state index in [1.54, 1.807) is 0 Å². The number of carbonyl (C=O) groups excluding carboxylic acids is 1. The zero-order chi connectivity index (χ0) is 22.3. The molecule has 0 aromatic heterocycles. The molecule has 32 heavy (non-hydrogen) atoms. The number of amides is 1. The number of aliphatic hydroxyl groups is 2. The lowest BCUT2D eigenvalue weighted by molar-refractivity contribution is -0.132. The van der Waals surface area contributed by atoms with Gasteiger partial charge in [0.2, 0.25) is 5.91 Å². The van der Waals surface area contributed by atoms with Gasteiger partial charge in [-0.15, -0.1) is 0 Å². The molecule has 10 nitrogen and oxygen atoms in total. The van der Waals surface area contributed by atoms with E-state index in [9.17, 15) is 15.0 Å². The van der Waals surface area contributed by atoms with Crippen molar-refractivity contribution < 1.29 is 15.0 Å². The van der Waals surface area contributed by atoms with Gasteiger partial charge in [-0.25, -0.2) is 5.43 Å². The van der Waals surface area contributed by atoms with Crippen LogP contribution in [0.3, 0.4) is 0 Å². The summed E-state index contributed by atoms with van der Waals surface area (Å²) in [6, 6.07) is 7.94. The molecule has 4 rings (SSSR count). The fraction of sp³-hybridized carbons (Fsp3) is 0.682. The molecular formula is C22H37N7O3. The van der Waals surface area contributed by atoms with Crippen LogP contribution in [0, 0.1) is 5.92 Å². The molecule has 0 bridgehead atoms. The Kier molecular flexibility index (Phi) is 8.17. The second-order valence-corrected chi connectivity index (χ2v) is 8.79. The van der Waals surface area contributed by atoms with E-state index in [-0.39, 0.29) is 43.5 Å². The molecule has 3 saturated heterocycles. The summed E-state index contributed by atoms with van der Waals surface area (Å²) in [5, 5.41) is 29.4. The van der Waals surface area contributed by atoms with Gasteiger partial charge in [-0.1, -0.05) is 12.8 Å². The van der Waals surface area contributed by atoms with Crippen molar-refractivity contribution >= 4 is 17.3 Å². The van der Waals surface area contributed by atoms with Crippen molar-refractivity contribution in [3.8, 4) is 0 Å². The molecule has 3 fully saturated rings. The largest absolute Gasteiger partial charge is 0.395 e. The fourth-order valence-electron chi connectivity index (χ4n) is 4.97. The number of hydrazine groups is 1. The lowest BCUT2D eigenvalue weighted by Crippen LogP contribution is -2.76. The Bertz CT molecular complexity index is 721. The van der Waals surface area contributed by atoms with Crippen molar-refractivity contribution in [1.82, 2.24) is 26.4 Å². The van der Waals surface area contributed by atoms with Gasteiger partial charge < -0.3 is 20.4 Å². The molecule has 178 valence electrons. The van der Waals surface area contributed by atoms with Gasteiger partial charge in [-0.2, -0.15) is 0 Å². The Labute approximate surface area is 189 Å². The Hall–Kier alpha value is -1.95. The van der Waals surface area contributed by atoms with Crippen LogP contribution >= 0.6 is 0 Å². The summed E-state index contributed by atoms with van der Waals surface area (Å²) in [4.78, 5) is 17.1. The summed E-state index contributed by atoms with van der Waals surface area (Å²) in [5.74, 6) is -0.277. The lowest BCUT2D eigenvalue weighted by Gasteiger charge is -2.48. The molecule has 10 heteroatoms. The van der Waals surface area contributed by atoms with E-state index in [2.05, 4.69) is 31.7 Å². The molecule has 3 heterocycles. The highest BCUT2D eigenvalue weighted by molar-refractivity contribution is 5.81. The van der Waals surface area contributed by atoms with Crippen LogP contribution in [0.25, 0.3) is 0 Å². The van der Waals surface area contributed by atoms with Crippen LogP contribution in [-0.2, 0) is 4.79 Å². The first-order valence-electron chi connectivity index (χ1n) is 11.8. The Balaban J connectivity index is 1.48. The molecule has 3 aliphatic heterocycles. The first-order chi connectivity index (χ1) is 15.7. The van der Waals surface area contributed by atoms with Crippen molar-refractivity contribution in [2.45, 2.75) is 44.2 Å². The summed E-state index contributed by atoms with van der Waals surface area (Å²) < 4.78 is 0. The first kappa shape index (κ1) is 23.2. The van der Waals surface area contributed by atoms with Gasteiger partial charge in [-0.3, -0.25) is 25.8 Å². The molecule has 0 saturated carbocycles. The second kappa shape index (κ2) is 11.3. The molecule has 7 N–H and O–H groups in total. The van der Waals surface area contributed by atoms with E-state index >= 15 is 0 Å². The van der Waals surface area contributed by atoms with Gasteiger partial charge in [0.1, 0.15) is 6.29 Å². The van der Waals surface area contributed by atoms with Gasteiger partial charge in [0, 0.05) is 50.1 Å².